The quantitative estimate of drug-likeness (QED) is 0.219. The summed E-state index contributed by atoms with van der Waals surface area (Å²) in [6.07, 6.45) is 0. The molecule has 1 atom stereocenters. The maximum Gasteiger partial charge on any atom is 0.347 e. The Labute approximate surface area is 235 Å². The van der Waals surface area contributed by atoms with E-state index in [9.17, 15) is 29.4 Å². The van der Waals surface area contributed by atoms with Gasteiger partial charge in [-0.25, -0.2) is 9.59 Å². The highest BCUT2D eigenvalue weighted by Gasteiger charge is 2.24. The zero-order valence-corrected chi connectivity index (χ0v) is 23.1. The number of ether oxygens (including phenoxy) is 4. The van der Waals surface area contributed by atoms with Crippen LogP contribution in [0.3, 0.4) is 0 Å². The Kier molecular flexibility index (Phi) is 9.07. The van der Waals surface area contributed by atoms with Crippen LogP contribution >= 0.6 is 0 Å². The molecule has 0 aliphatic carbocycles. The molecule has 0 aliphatic heterocycles. The second kappa shape index (κ2) is 12.3. The molecule has 0 saturated heterocycles. The molecule has 3 aromatic carbocycles. The lowest BCUT2D eigenvalue weighted by atomic mass is 10.1. The van der Waals surface area contributed by atoms with Gasteiger partial charge in [0.05, 0.1) is 19.8 Å². The van der Waals surface area contributed by atoms with Crippen molar-refractivity contribution in [1.82, 2.24) is 5.32 Å². The molecule has 0 fully saturated rings. The van der Waals surface area contributed by atoms with Crippen molar-refractivity contribution in [3.8, 4) is 34.5 Å². The summed E-state index contributed by atoms with van der Waals surface area (Å²) in [5, 5.41) is 32.2. The van der Waals surface area contributed by atoms with E-state index in [0.717, 1.165) is 12.1 Å². The molecule has 12 heteroatoms. The molecule has 0 heterocycles. The Hall–Kier alpha value is -5.26. The number of esters is 2. The van der Waals surface area contributed by atoms with Gasteiger partial charge in [0.15, 0.2) is 0 Å². The number of aryl methyl sites for hydroxylation is 3. The zero-order chi connectivity index (χ0) is 30.6. The molecule has 0 bridgehead atoms. The molecule has 3 aromatic rings. The predicted molar refractivity (Wildman–Crippen MR) is 144 cm³/mol. The summed E-state index contributed by atoms with van der Waals surface area (Å²) >= 11 is 0. The molecule has 41 heavy (non-hydrogen) atoms. The van der Waals surface area contributed by atoms with E-state index in [4.69, 9.17) is 24.1 Å². The van der Waals surface area contributed by atoms with E-state index < -0.39 is 41.4 Å². The summed E-state index contributed by atoms with van der Waals surface area (Å²) in [7, 11) is 2.87. The fourth-order valence-corrected chi connectivity index (χ4v) is 4.06. The van der Waals surface area contributed by atoms with E-state index in [0.29, 0.717) is 11.3 Å². The molecule has 12 nitrogen and oxygen atoms in total. The van der Waals surface area contributed by atoms with Gasteiger partial charge >= 0.3 is 17.9 Å². The number of carbonyl (C=O) groups excluding carboxylic acids is 3. The lowest BCUT2D eigenvalue weighted by molar-refractivity contribution is -0.138. The first-order valence-corrected chi connectivity index (χ1v) is 12.1. The zero-order valence-electron chi connectivity index (χ0n) is 23.1. The third-order valence-corrected chi connectivity index (χ3v) is 6.08. The van der Waals surface area contributed by atoms with Crippen molar-refractivity contribution in [3.05, 3.63) is 69.8 Å². The Morgan fingerprint density at radius 3 is 1.61 bits per heavy atom. The number of hydrogen-bond donors (Lipinski definition) is 4. The molecule has 1 unspecified atom stereocenters. The van der Waals surface area contributed by atoms with Gasteiger partial charge in [-0.1, -0.05) is 0 Å². The molecule has 3 rings (SSSR count). The molecule has 0 saturated carbocycles. The largest absolute Gasteiger partial charge is 0.507 e. The minimum absolute atomic E-state index is 0.0433. The Balaban J connectivity index is 1.82. The molecule has 0 radical (unpaired) electrons. The number of hydrogen-bond acceptors (Lipinski definition) is 10. The van der Waals surface area contributed by atoms with Crippen LogP contribution in [0.25, 0.3) is 0 Å². The molecule has 216 valence electrons. The summed E-state index contributed by atoms with van der Waals surface area (Å²) in [6, 6.07) is 6.71. The van der Waals surface area contributed by atoms with E-state index in [1.54, 1.807) is 13.0 Å². The van der Waals surface area contributed by atoms with Crippen LogP contribution < -0.4 is 24.3 Å². The average Bonchev–Trinajstić information content (AvgIpc) is 2.86. The molecule has 0 spiro atoms. The van der Waals surface area contributed by atoms with Crippen LogP contribution in [0.1, 0.15) is 54.7 Å². The van der Waals surface area contributed by atoms with E-state index in [1.807, 2.05) is 0 Å². The van der Waals surface area contributed by atoms with E-state index in [1.165, 1.54) is 53.2 Å². The monoisotopic (exact) mass is 567 g/mol. The van der Waals surface area contributed by atoms with Crippen molar-refractivity contribution in [2.24, 2.45) is 0 Å². The van der Waals surface area contributed by atoms with Gasteiger partial charge < -0.3 is 39.6 Å². The Morgan fingerprint density at radius 1 is 0.683 bits per heavy atom. The van der Waals surface area contributed by atoms with Crippen LogP contribution in [0.15, 0.2) is 36.4 Å². The number of rotatable bonds is 9. The predicted octanol–water partition coefficient (Wildman–Crippen LogP) is 3.68. The lowest BCUT2D eigenvalue weighted by Crippen LogP contribution is -2.38. The van der Waals surface area contributed by atoms with Crippen molar-refractivity contribution < 1.29 is 53.4 Å². The number of carboxylic acids is 1. The molecule has 4 N–H and O–H groups in total. The highest BCUT2D eigenvalue weighted by Crippen LogP contribution is 2.33. The molecular formula is C29H29NO11. The summed E-state index contributed by atoms with van der Waals surface area (Å²) in [4.78, 5) is 49.3. The number of methoxy groups -OCH3 is 2. The van der Waals surface area contributed by atoms with Gasteiger partial charge in [-0.15, -0.1) is 0 Å². The number of nitrogens with one attached hydrogen (secondary N) is 1. The second-order valence-electron chi connectivity index (χ2n) is 9.10. The SMILES string of the molecule is COc1cc(C)c(C(=O)Oc2cc(C)c(C(=O)Oc3cc(C)c(C(=O)NC(C)C(=O)O)c(O)c3)c(O)c2)c(OC)c1. The number of carbonyl (C=O) groups is 4. The third kappa shape index (κ3) is 6.67. The van der Waals surface area contributed by atoms with Gasteiger partial charge in [0.25, 0.3) is 5.91 Å². The van der Waals surface area contributed by atoms with Crippen LogP contribution in [0, 0.1) is 20.8 Å². The van der Waals surface area contributed by atoms with E-state index >= 15 is 0 Å². The van der Waals surface area contributed by atoms with Gasteiger partial charge in [-0.05, 0) is 62.6 Å². The van der Waals surface area contributed by atoms with Crippen LogP contribution in [0.5, 0.6) is 34.5 Å². The first-order chi connectivity index (χ1) is 19.3. The standard InChI is InChI=1S/C29H29NO11/c1-13-8-18(10-20(31)23(13)26(33)30-16(4)27(34)35)40-28(36)24-14(2)9-19(11-21(24)32)41-29(37)25-15(3)7-17(38-5)12-22(25)39-6/h7-12,16,31-32H,1-6H3,(H,30,33)(H,34,35). The van der Waals surface area contributed by atoms with Gasteiger partial charge in [-0.3, -0.25) is 9.59 Å². The van der Waals surface area contributed by atoms with Crippen molar-refractivity contribution in [2.75, 3.05) is 14.2 Å². The summed E-state index contributed by atoms with van der Waals surface area (Å²) in [5.41, 5.74) is 0.694. The number of phenols is 2. The first kappa shape index (κ1) is 30.3. The van der Waals surface area contributed by atoms with Crippen LogP contribution in [0.2, 0.25) is 0 Å². The lowest BCUT2D eigenvalue weighted by Gasteiger charge is -2.15. The molecule has 0 aliphatic rings. The number of aromatic hydroxyl groups is 2. The number of carboxylic acid groups (broad SMARTS) is 1. The van der Waals surface area contributed by atoms with Crippen LogP contribution in [-0.2, 0) is 4.79 Å². The number of phenolic OH excluding ortho intramolecular Hbond substituents is 2. The minimum Gasteiger partial charge on any atom is -0.507 e. The average molecular weight is 568 g/mol. The normalized spacial score (nSPS) is 11.3. The molecular weight excluding hydrogens is 538 g/mol. The van der Waals surface area contributed by atoms with Gasteiger partial charge in [0.2, 0.25) is 0 Å². The highest BCUT2D eigenvalue weighted by atomic mass is 16.5. The fraction of sp³-hybridized carbons (Fsp3) is 0.241. The van der Waals surface area contributed by atoms with Crippen molar-refractivity contribution >= 4 is 23.8 Å². The van der Waals surface area contributed by atoms with E-state index in [2.05, 4.69) is 5.32 Å². The summed E-state index contributed by atoms with van der Waals surface area (Å²) < 4.78 is 21.2. The smallest absolute Gasteiger partial charge is 0.347 e. The number of amides is 1. The maximum atomic E-state index is 12.9. The van der Waals surface area contributed by atoms with Crippen molar-refractivity contribution in [3.63, 3.8) is 0 Å². The number of aliphatic carboxylic acids is 1. The maximum absolute atomic E-state index is 12.9. The van der Waals surface area contributed by atoms with Gasteiger partial charge in [-0.2, -0.15) is 0 Å². The van der Waals surface area contributed by atoms with Crippen molar-refractivity contribution in [1.29, 1.82) is 0 Å². The Morgan fingerprint density at radius 2 is 1.15 bits per heavy atom. The Bertz CT molecular complexity index is 1500. The highest BCUT2D eigenvalue weighted by molar-refractivity contribution is 6.01. The van der Waals surface area contributed by atoms with Gasteiger partial charge in [0, 0.05) is 18.2 Å². The molecule has 0 aromatic heterocycles. The van der Waals surface area contributed by atoms with E-state index in [-0.39, 0.29) is 45.1 Å². The van der Waals surface area contributed by atoms with Gasteiger partial charge in [0.1, 0.15) is 51.7 Å². The van der Waals surface area contributed by atoms with Crippen molar-refractivity contribution in [2.45, 2.75) is 33.7 Å². The second-order valence-corrected chi connectivity index (χ2v) is 9.10. The summed E-state index contributed by atoms with van der Waals surface area (Å²) in [6.45, 7) is 5.90. The third-order valence-electron chi connectivity index (χ3n) is 6.08. The fourth-order valence-electron chi connectivity index (χ4n) is 4.06. The van der Waals surface area contributed by atoms with Crippen LogP contribution in [-0.4, -0.2) is 59.4 Å². The minimum atomic E-state index is -1.26. The first-order valence-electron chi connectivity index (χ1n) is 12.1. The summed E-state index contributed by atoms with van der Waals surface area (Å²) in [5.74, 6) is -4.37. The topological polar surface area (TPSA) is 178 Å². The molecule has 1 amide bonds. The van der Waals surface area contributed by atoms with Crippen LogP contribution in [0.4, 0.5) is 0 Å². The number of benzene rings is 3.